The average Bonchev–Trinajstić information content (AvgIpc) is 2.64. The first-order chi connectivity index (χ1) is 7.16. The van der Waals surface area contributed by atoms with E-state index in [9.17, 15) is 4.79 Å². The zero-order valence-electron chi connectivity index (χ0n) is 9.41. The van der Waals surface area contributed by atoms with Crippen molar-refractivity contribution < 1.29 is 4.79 Å². The number of hydrogen-bond donors (Lipinski definition) is 1. The van der Waals surface area contributed by atoms with E-state index in [2.05, 4.69) is 13.0 Å². The second kappa shape index (κ2) is 4.35. The molecule has 0 aromatic heterocycles. The Bertz CT molecular complexity index is 285. The number of amides is 1. The van der Waals surface area contributed by atoms with Crippen LogP contribution in [0.3, 0.4) is 0 Å². The van der Waals surface area contributed by atoms with Crippen LogP contribution in [-0.2, 0) is 4.79 Å². The number of hydrogen-bond acceptors (Lipinski definition) is 2. The smallest absolute Gasteiger partial charge is 0.226 e. The van der Waals surface area contributed by atoms with Gasteiger partial charge in [0.25, 0.3) is 0 Å². The third-order valence-electron chi connectivity index (χ3n) is 3.47. The Balaban J connectivity index is 1.93. The van der Waals surface area contributed by atoms with Crippen molar-refractivity contribution in [2.45, 2.75) is 38.6 Å². The zero-order chi connectivity index (χ0) is 10.8. The fourth-order valence-electron chi connectivity index (χ4n) is 2.60. The fraction of sp³-hybridized carbons (Fsp3) is 0.750. The molecule has 1 amide bonds. The van der Waals surface area contributed by atoms with Gasteiger partial charge in [-0.2, -0.15) is 0 Å². The Morgan fingerprint density at radius 3 is 2.93 bits per heavy atom. The van der Waals surface area contributed by atoms with Crippen molar-refractivity contribution in [3.8, 4) is 0 Å². The van der Waals surface area contributed by atoms with Gasteiger partial charge in [-0.1, -0.05) is 11.6 Å². The average molecular weight is 208 g/mol. The minimum absolute atomic E-state index is 0.200. The third kappa shape index (κ3) is 2.40. The van der Waals surface area contributed by atoms with E-state index >= 15 is 0 Å². The first-order valence-electron chi connectivity index (χ1n) is 5.87. The second-order valence-corrected chi connectivity index (χ2v) is 4.87. The van der Waals surface area contributed by atoms with Gasteiger partial charge in [0.15, 0.2) is 0 Å². The Kier molecular flexibility index (Phi) is 3.10. The lowest BCUT2D eigenvalue weighted by molar-refractivity contribution is -0.135. The highest BCUT2D eigenvalue weighted by Crippen LogP contribution is 2.27. The van der Waals surface area contributed by atoms with E-state index in [1.165, 1.54) is 5.57 Å². The van der Waals surface area contributed by atoms with Crippen molar-refractivity contribution in [1.29, 1.82) is 0 Å². The molecular formula is C12H20N2O. The molecule has 2 unspecified atom stereocenters. The molecule has 2 rings (SSSR count). The monoisotopic (exact) mass is 208 g/mol. The predicted molar refractivity (Wildman–Crippen MR) is 60.3 cm³/mol. The van der Waals surface area contributed by atoms with Crippen LogP contribution in [0.5, 0.6) is 0 Å². The first kappa shape index (κ1) is 10.7. The van der Waals surface area contributed by atoms with E-state index in [4.69, 9.17) is 5.73 Å². The maximum Gasteiger partial charge on any atom is 0.226 e. The van der Waals surface area contributed by atoms with Gasteiger partial charge in [0, 0.05) is 25.0 Å². The Morgan fingerprint density at radius 1 is 1.53 bits per heavy atom. The van der Waals surface area contributed by atoms with Crippen molar-refractivity contribution in [3.63, 3.8) is 0 Å². The molecule has 84 valence electrons. The van der Waals surface area contributed by atoms with Crippen LogP contribution in [0.25, 0.3) is 0 Å². The summed E-state index contributed by atoms with van der Waals surface area (Å²) in [5.41, 5.74) is 7.15. The van der Waals surface area contributed by atoms with Crippen molar-refractivity contribution in [3.05, 3.63) is 11.6 Å². The lowest BCUT2D eigenvalue weighted by Gasteiger charge is -2.28. The van der Waals surface area contributed by atoms with Crippen molar-refractivity contribution >= 4 is 5.91 Å². The van der Waals surface area contributed by atoms with Crippen LogP contribution in [0, 0.1) is 5.92 Å². The lowest BCUT2D eigenvalue weighted by atomic mass is 10.0. The van der Waals surface area contributed by atoms with Crippen molar-refractivity contribution in [1.82, 2.24) is 4.90 Å². The van der Waals surface area contributed by atoms with Gasteiger partial charge in [0.2, 0.25) is 5.91 Å². The highest BCUT2D eigenvalue weighted by atomic mass is 16.2. The van der Waals surface area contributed by atoms with Crippen LogP contribution < -0.4 is 5.73 Å². The Labute approximate surface area is 91.3 Å². The summed E-state index contributed by atoms with van der Waals surface area (Å²) in [4.78, 5) is 14.1. The van der Waals surface area contributed by atoms with Crippen LogP contribution in [0.2, 0.25) is 0 Å². The zero-order valence-corrected chi connectivity index (χ0v) is 9.41. The van der Waals surface area contributed by atoms with E-state index in [0.717, 1.165) is 38.8 Å². The summed E-state index contributed by atoms with van der Waals surface area (Å²) in [6.45, 7) is 3.81. The molecule has 3 nitrogen and oxygen atoms in total. The molecular weight excluding hydrogens is 188 g/mol. The summed E-state index contributed by atoms with van der Waals surface area (Å²) in [5.74, 6) is 0.529. The third-order valence-corrected chi connectivity index (χ3v) is 3.47. The van der Waals surface area contributed by atoms with Gasteiger partial charge < -0.3 is 10.6 Å². The van der Waals surface area contributed by atoms with Gasteiger partial charge in [-0.15, -0.1) is 0 Å². The van der Waals surface area contributed by atoms with Gasteiger partial charge >= 0.3 is 0 Å². The molecule has 1 fully saturated rings. The van der Waals surface area contributed by atoms with Crippen LogP contribution in [0.4, 0.5) is 0 Å². The van der Waals surface area contributed by atoms with Crippen LogP contribution in [0.15, 0.2) is 11.6 Å². The molecule has 2 N–H and O–H groups in total. The maximum absolute atomic E-state index is 12.1. The van der Waals surface area contributed by atoms with Gasteiger partial charge in [0.1, 0.15) is 0 Å². The molecule has 3 heteroatoms. The van der Waals surface area contributed by atoms with E-state index < -0.39 is 0 Å². The molecule has 0 aromatic rings. The van der Waals surface area contributed by atoms with Crippen LogP contribution in [0.1, 0.15) is 32.6 Å². The molecule has 2 atom stereocenters. The highest BCUT2D eigenvalue weighted by molar-refractivity contribution is 5.79. The SMILES string of the molecule is CC1=CCCN(C(=O)C2CCC(N)C2)C1. The molecule has 0 saturated heterocycles. The molecule has 15 heavy (non-hydrogen) atoms. The summed E-state index contributed by atoms with van der Waals surface area (Å²) in [6, 6.07) is 0.250. The van der Waals surface area contributed by atoms with Crippen molar-refractivity contribution in [2.24, 2.45) is 11.7 Å². The first-order valence-corrected chi connectivity index (χ1v) is 5.87. The second-order valence-electron chi connectivity index (χ2n) is 4.87. The molecule has 0 bridgehead atoms. The van der Waals surface area contributed by atoms with E-state index in [0.29, 0.717) is 5.91 Å². The van der Waals surface area contributed by atoms with E-state index in [1.807, 2.05) is 4.90 Å². The molecule has 0 aromatic carbocycles. The summed E-state index contributed by atoms with van der Waals surface area (Å²) in [7, 11) is 0. The normalized spacial score (nSPS) is 31.6. The van der Waals surface area contributed by atoms with Crippen LogP contribution >= 0.6 is 0 Å². The Morgan fingerprint density at radius 2 is 2.33 bits per heavy atom. The highest BCUT2D eigenvalue weighted by Gasteiger charge is 2.31. The fourth-order valence-corrected chi connectivity index (χ4v) is 2.60. The summed E-state index contributed by atoms with van der Waals surface area (Å²) >= 11 is 0. The molecule has 1 aliphatic heterocycles. The number of carbonyl (C=O) groups is 1. The summed E-state index contributed by atoms with van der Waals surface area (Å²) in [5, 5.41) is 0. The molecule has 1 saturated carbocycles. The lowest BCUT2D eigenvalue weighted by Crippen LogP contribution is -2.39. The molecule has 2 aliphatic rings. The number of nitrogens with zero attached hydrogens (tertiary/aromatic N) is 1. The maximum atomic E-state index is 12.1. The number of rotatable bonds is 1. The van der Waals surface area contributed by atoms with Gasteiger partial charge in [-0.3, -0.25) is 4.79 Å². The molecule has 0 spiro atoms. The minimum atomic E-state index is 0.200. The number of carbonyl (C=O) groups excluding carboxylic acids is 1. The standard InChI is InChI=1S/C12H20N2O/c1-9-3-2-6-14(8-9)12(15)10-4-5-11(13)7-10/h3,10-11H,2,4-8,13H2,1H3. The molecule has 1 heterocycles. The van der Waals surface area contributed by atoms with Crippen molar-refractivity contribution in [2.75, 3.05) is 13.1 Å². The minimum Gasteiger partial charge on any atom is -0.338 e. The summed E-state index contributed by atoms with van der Waals surface area (Å²) < 4.78 is 0. The van der Waals surface area contributed by atoms with Crippen LogP contribution in [-0.4, -0.2) is 29.9 Å². The van der Waals surface area contributed by atoms with E-state index in [1.54, 1.807) is 0 Å². The topological polar surface area (TPSA) is 46.3 Å². The van der Waals surface area contributed by atoms with E-state index in [-0.39, 0.29) is 12.0 Å². The predicted octanol–water partition coefficient (Wildman–Crippen LogP) is 1.29. The quantitative estimate of drug-likeness (QED) is 0.660. The van der Waals surface area contributed by atoms with Gasteiger partial charge in [-0.05, 0) is 32.6 Å². The number of nitrogens with two attached hydrogens (primary N) is 1. The molecule has 0 radical (unpaired) electrons. The Hall–Kier alpha value is -0.830. The van der Waals surface area contributed by atoms with Gasteiger partial charge in [-0.25, -0.2) is 0 Å². The molecule has 1 aliphatic carbocycles. The summed E-state index contributed by atoms with van der Waals surface area (Å²) in [6.07, 6.45) is 6.12. The largest absolute Gasteiger partial charge is 0.338 e. The van der Waals surface area contributed by atoms with Gasteiger partial charge in [0.05, 0.1) is 0 Å².